The van der Waals surface area contributed by atoms with Gasteiger partial charge in [0.1, 0.15) is 23.2 Å². The largest absolute Gasteiger partial charge is 0.478 e. The second-order valence-corrected chi connectivity index (χ2v) is 6.27. The van der Waals surface area contributed by atoms with Crippen molar-refractivity contribution < 1.29 is 23.9 Å². The highest BCUT2D eigenvalue weighted by molar-refractivity contribution is 6.19. The normalized spacial score (nSPS) is 15.6. The van der Waals surface area contributed by atoms with Gasteiger partial charge < -0.3 is 9.52 Å². The van der Waals surface area contributed by atoms with E-state index in [4.69, 9.17) is 9.52 Å². The predicted molar refractivity (Wildman–Crippen MR) is 104 cm³/mol. The van der Waals surface area contributed by atoms with Crippen molar-refractivity contribution in [3.63, 3.8) is 0 Å². The van der Waals surface area contributed by atoms with Crippen LogP contribution in [0.1, 0.15) is 23.0 Å². The maximum Gasteiger partial charge on any atom is 0.335 e. The lowest BCUT2D eigenvalue weighted by Gasteiger charge is -2.26. The number of carboxylic acid groups (broad SMARTS) is 1. The van der Waals surface area contributed by atoms with Crippen LogP contribution >= 0.6 is 0 Å². The summed E-state index contributed by atoms with van der Waals surface area (Å²) in [5.74, 6) is -1.50. The summed E-state index contributed by atoms with van der Waals surface area (Å²) in [4.78, 5) is 37.2. The van der Waals surface area contributed by atoms with Crippen molar-refractivity contribution >= 4 is 23.9 Å². The van der Waals surface area contributed by atoms with Gasteiger partial charge in [-0.3, -0.25) is 14.5 Å². The molecule has 2 heterocycles. The third-order valence-corrected chi connectivity index (χ3v) is 4.44. The summed E-state index contributed by atoms with van der Waals surface area (Å²) in [7, 11) is 0. The Hall–Kier alpha value is -4.18. The molecule has 0 saturated carbocycles. The van der Waals surface area contributed by atoms with Crippen LogP contribution in [0, 0.1) is 11.3 Å². The molecule has 2 amide bonds. The van der Waals surface area contributed by atoms with E-state index >= 15 is 0 Å². The number of imide groups is 1. The van der Waals surface area contributed by atoms with Crippen molar-refractivity contribution in [2.45, 2.75) is 6.92 Å². The Kier molecular flexibility index (Phi) is 5.28. The number of aromatic carboxylic acids is 1. The molecule has 1 aliphatic rings. The molecule has 29 heavy (non-hydrogen) atoms. The Labute approximate surface area is 166 Å². The van der Waals surface area contributed by atoms with Crippen LogP contribution in [0.2, 0.25) is 0 Å². The van der Waals surface area contributed by atoms with Crippen LogP contribution in [0.4, 0.5) is 0 Å². The summed E-state index contributed by atoms with van der Waals surface area (Å²) < 4.78 is 5.74. The molecule has 7 heteroatoms. The highest BCUT2D eigenvalue weighted by Gasteiger charge is 2.34. The van der Waals surface area contributed by atoms with Crippen LogP contribution in [-0.2, 0) is 9.59 Å². The molecule has 0 radical (unpaired) electrons. The first-order chi connectivity index (χ1) is 13.9. The van der Waals surface area contributed by atoms with Crippen LogP contribution in [0.25, 0.3) is 17.4 Å². The Bertz CT molecular complexity index is 1140. The zero-order valence-electron chi connectivity index (χ0n) is 15.5. The molecule has 0 bridgehead atoms. The van der Waals surface area contributed by atoms with Crippen molar-refractivity contribution in [3.05, 3.63) is 77.1 Å². The van der Waals surface area contributed by atoms with Gasteiger partial charge in [-0.05, 0) is 42.8 Å². The summed E-state index contributed by atoms with van der Waals surface area (Å²) in [6, 6.07) is 11.4. The number of amides is 2. The van der Waals surface area contributed by atoms with Gasteiger partial charge in [0, 0.05) is 17.7 Å². The molecule has 0 aliphatic carbocycles. The summed E-state index contributed by atoms with van der Waals surface area (Å²) >= 11 is 0. The molecule has 7 nitrogen and oxygen atoms in total. The summed E-state index contributed by atoms with van der Waals surface area (Å²) in [6.07, 6.45) is 2.87. The van der Waals surface area contributed by atoms with Crippen molar-refractivity contribution in [1.29, 1.82) is 5.26 Å². The molecule has 0 spiro atoms. The number of nitrogens with zero attached hydrogens (tertiary/aromatic N) is 2. The molecule has 144 valence electrons. The van der Waals surface area contributed by atoms with Gasteiger partial charge in [-0.15, -0.1) is 6.58 Å². The second kappa shape index (κ2) is 7.82. The fourth-order valence-electron chi connectivity index (χ4n) is 2.96. The van der Waals surface area contributed by atoms with Gasteiger partial charge in [0.05, 0.1) is 5.56 Å². The molecule has 1 aliphatic heterocycles. The quantitative estimate of drug-likeness (QED) is 0.477. The van der Waals surface area contributed by atoms with E-state index in [0.29, 0.717) is 17.1 Å². The van der Waals surface area contributed by atoms with E-state index in [-0.39, 0.29) is 28.8 Å². The van der Waals surface area contributed by atoms with Crippen molar-refractivity contribution in [2.24, 2.45) is 0 Å². The lowest BCUT2D eigenvalue weighted by Crippen LogP contribution is -2.42. The number of hydrogen-bond acceptors (Lipinski definition) is 5. The SMILES string of the molecule is C=CCN1C(=O)C(C#N)=C(C)/C(=C\c2ccc(-c3cccc(C(=O)O)c3)o2)C1=O. The van der Waals surface area contributed by atoms with Crippen LogP contribution in [-0.4, -0.2) is 34.3 Å². The fourth-order valence-corrected chi connectivity index (χ4v) is 2.96. The van der Waals surface area contributed by atoms with Crippen molar-refractivity contribution in [3.8, 4) is 17.4 Å². The van der Waals surface area contributed by atoms with E-state index in [2.05, 4.69) is 6.58 Å². The molecule has 0 atom stereocenters. The first-order valence-corrected chi connectivity index (χ1v) is 8.61. The predicted octanol–water partition coefficient (Wildman–Crippen LogP) is 3.42. The monoisotopic (exact) mass is 388 g/mol. The topological polar surface area (TPSA) is 112 Å². The Morgan fingerprint density at radius 1 is 1.28 bits per heavy atom. The van der Waals surface area contributed by atoms with Gasteiger partial charge in [-0.25, -0.2) is 4.79 Å². The Morgan fingerprint density at radius 2 is 2.03 bits per heavy atom. The van der Waals surface area contributed by atoms with Crippen molar-refractivity contribution in [1.82, 2.24) is 4.90 Å². The third-order valence-electron chi connectivity index (χ3n) is 4.44. The fraction of sp³-hybridized carbons (Fsp3) is 0.0909. The minimum atomic E-state index is -1.05. The van der Waals surface area contributed by atoms with Gasteiger partial charge in [-0.1, -0.05) is 18.2 Å². The average molecular weight is 388 g/mol. The number of rotatable bonds is 5. The van der Waals surface area contributed by atoms with Crippen LogP contribution in [0.3, 0.4) is 0 Å². The first kappa shape index (κ1) is 19.6. The van der Waals surface area contributed by atoms with E-state index in [0.717, 1.165) is 4.90 Å². The molecular weight excluding hydrogens is 372 g/mol. The molecule has 2 aromatic rings. The second-order valence-electron chi connectivity index (χ2n) is 6.27. The van der Waals surface area contributed by atoms with Crippen LogP contribution < -0.4 is 0 Å². The molecule has 0 unspecified atom stereocenters. The zero-order valence-corrected chi connectivity index (χ0v) is 15.5. The first-order valence-electron chi connectivity index (χ1n) is 8.61. The zero-order chi connectivity index (χ0) is 21.1. The molecule has 1 aromatic carbocycles. The van der Waals surface area contributed by atoms with E-state index in [1.807, 2.05) is 6.07 Å². The number of carboxylic acids is 1. The summed E-state index contributed by atoms with van der Waals surface area (Å²) in [5, 5.41) is 18.4. The average Bonchev–Trinajstić information content (AvgIpc) is 3.18. The lowest BCUT2D eigenvalue weighted by atomic mass is 9.94. The van der Waals surface area contributed by atoms with Gasteiger partial charge in [0.15, 0.2) is 0 Å². The van der Waals surface area contributed by atoms with E-state index in [1.54, 1.807) is 24.3 Å². The number of carbonyl (C=O) groups excluding carboxylic acids is 2. The van der Waals surface area contributed by atoms with Crippen LogP contribution in [0.15, 0.2) is 70.2 Å². The number of carbonyl (C=O) groups is 3. The van der Waals surface area contributed by atoms with Gasteiger partial charge in [-0.2, -0.15) is 5.26 Å². The third kappa shape index (κ3) is 3.64. The Balaban J connectivity index is 2.03. The van der Waals surface area contributed by atoms with Gasteiger partial charge in [0.25, 0.3) is 11.8 Å². The molecule has 1 N–H and O–H groups in total. The Morgan fingerprint density at radius 3 is 2.69 bits per heavy atom. The number of hydrogen-bond donors (Lipinski definition) is 1. The molecule has 0 saturated heterocycles. The van der Waals surface area contributed by atoms with Crippen molar-refractivity contribution in [2.75, 3.05) is 6.54 Å². The van der Waals surface area contributed by atoms with Gasteiger partial charge >= 0.3 is 5.97 Å². The molecular formula is C22H16N2O5. The highest BCUT2D eigenvalue weighted by Crippen LogP contribution is 2.29. The number of furan rings is 1. The highest BCUT2D eigenvalue weighted by atomic mass is 16.4. The minimum Gasteiger partial charge on any atom is -0.478 e. The van der Waals surface area contributed by atoms with E-state index in [1.165, 1.54) is 31.2 Å². The number of nitriles is 1. The lowest BCUT2D eigenvalue weighted by molar-refractivity contribution is -0.139. The molecule has 1 aromatic heterocycles. The van der Waals surface area contributed by atoms with E-state index < -0.39 is 17.8 Å². The van der Waals surface area contributed by atoms with Crippen LogP contribution in [0.5, 0.6) is 0 Å². The summed E-state index contributed by atoms with van der Waals surface area (Å²) in [6.45, 7) is 5.05. The standard InChI is InChI=1S/C22H16N2O5/c1-3-9-24-20(25)17(13(2)18(12-23)21(24)26)11-16-7-8-19(29-16)14-5-4-6-15(10-14)22(27)28/h3-8,10-11H,1,9H2,2H3,(H,27,28)/b17-11+. The molecule has 3 rings (SSSR count). The van der Waals surface area contributed by atoms with E-state index in [9.17, 15) is 19.6 Å². The smallest absolute Gasteiger partial charge is 0.335 e. The number of benzene rings is 1. The summed E-state index contributed by atoms with van der Waals surface area (Å²) in [5.41, 5.74) is 1.02. The maximum absolute atomic E-state index is 12.7. The molecule has 0 fully saturated rings. The minimum absolute atomic E-state index is 0.0150. The van der Waals surface area contributed by atoms with Gasteiger partial charge in [0.2, 0.25) is 0 Å². The maximum atomic E-state index is 12.7.